The number of carbonyl (C=O) groups excluding carboxylic acids is 2. The summed E-state index contributed by atoms with van der Waals surface area (Å²) in [6.45, 7) is 0. The first kappa shape index (κ1) is 19.6. The molecule has 0 radical (unpaired) electrons. The average Bonchev–Trinajstić information content (AvgIpc) is 2.58. The standard InChI is InChI=1S/C20H34N2O4/c1-21(19(23)13-9-17(10-13)25-3)15-5-7-16(8-6-15)22(2)20(24)14-11-18(12-14)26-4/h13-18H,5-12H2,1-4H3. The molecule has 3 aliphatic carbocycles. The SMILES string of the molecule is COC1CC(C(=O)N(C)C2CCC(N(C)C(=O)C3CC(OC)C3)CC2)C1. The van der Waals surface area contributed by atoms with Gasteiger partial charge in [0.15, 0.2) is 0 Å². The Labute approximate surface area is 157 Å². The van der Waals surface area contributed by atoms with E-state index in [0.29, 0.717) is 12.1 Å². The summed E-state index contributed by atoms with van der Waals surface area (Å²) >= 11 is 0. The van der Waals surface area contributed by atoms with Gasteiger partial charge in [0.1, 0.15) is 0 Å². The minimum atomic E-state index is 0.138. The van der Waals surface area contributed by atoms with Gasteiger partial charge >= 0.3 is 0 Å². The second kappa shape index (κ2) is 8.26. The van der Waals surface area contributed by atoms with Gasteiger partial charge in [-0.1, -0.05) is 0 Å². The van der Waals surface area contributed by atoms with Crippen molar-refractivity contribution in [1.29, 1.82) is 0 Å². The predicted octanol–water partition coefficient (Wildman–Crippen LogP) is 2.06. The molecule has 3 rings (SSSR count). The lowest BCUT2D eigenvalue weighted by atomic mass is 9.79. The van der Waals surface area contributed by atoms with Gasteiger partial charge in [-0.2, -0.15) is 0 Å². The molecule has 0 aromatic carbocycles. The Morgan fingerprint density at radius 1 is 0.692 bits per heavy atom. The number of hydrogen-bond acceptors (Lipinski definition) is 4. The minimum absolute atomic E-state index is 0.138. The fraction of sp³-hybridized carbons (Fsp3) is 0.900. The maximum Gasteiger partial charge on any atom is 0.225 e. The van der Waals surface area contributed by atoms with Crippen molar-refractivity contribution in [2.45, 2.75) is 75.7 Å². The number of ether oxygens (including phenoxy) is 2. The van der Waals surface area contributed by atoms with Gasteiger partial charge in [0.25, 0.3) is 0 Å². The summed E-state index contributed by atoms with van der Waals surface area (Å²) in [5.41, 5.74) is 0. The van der Waals surface area contributed by atoms with Crippen molar-refractivity contribution in [2.75, 3.05) is 28.3 Å². The Morgan fingerprint density at radius 3 is 1.27 bits per heavy atom. The first-order chi connectivity index (χ1) is 12.4. The third-order valence-corrected chi connectivity index (χ3v) is 7.01. The van der Waals surface area contributed by atoms with Gasteiger partial charge in [0.2, 0.25) is 11.8 Å². The molecule has 3 fully saturated rings. The number of methoxy groups -OCH3 is 2. The Balaban J connectivity index is 1.42. The highest BCUT2D eigenvalue weighted by Gasteiger charge is 2.40. The van der Waals surface area contributed by atoms with Gasteiger partial charge in [-0.15, -0.1) is 0 Å². The zero-order valence-electron chi connectivity index (χ0n) is 16.6. The van der Waals surface area contributed by atoms with Crippen molar-refractivity contribution in [1.82, 2.24) is 9.80 Å². The van der Waals surface area contributed by atoms with Gasteiger partial charge in [0, 0.05) is 52.2 Å². The number of rotatable bonds is 6. The van der Waals surface area contributed by atoms with E-state index in [1.54, 1.807) is 14.2 Å². The van der Waals surface area contributed by atoms with E-state index >= 15 is 0 Å². The van der Waals surface area contributed by atoms with E-state index in [1.807, 2.05) is 23.9 Å². The first-order valence-electron chi connectivity index (χ1n) is 10.0. The third-order valence-electron chi connectivity index (χ3n) is 7.01. The van der Waals surface area contributed by atoms with E-state index in [9.17, 15) is 9.59 Å². The molecule has 0 unspecified atom stereocenters. The minimum Gasteiger partial charge on any atom is -0.381 e. The Bertz CT molecular complexity index is 460. The van der Waals surface area contributed by atoms with Crippen LogP contribution in [0.15, 0.2) is 0 Å². The number of amides is 2. The van der Waals surface area contributed by atoms with E-state index in [1.165, 1.54) is 0 Å². The summed E-state index contributed by atoms with van der Waals surface area (Å²) in [5, 5.41) is 0. The molecule has 0 aliphatic heterocycles. The van der Waals surface area contributed by atoms with Crippen molar-refractivity contribution in [2.24, 2.45) is 11.8 Å². The van der Waals surface area contributed by atoms with Crippen LogP contribution in [0.4, 0.5) is 0 Å². The maximum absolute atomic E-state index is 12.6. The lowest BCUT2D eigenvalue weighted by Gasteiger charge is -2.43. The lowest BCUT2D eigenvalue weighted by molar-refractivity contribution is -0.147. The second-order valence-corrected chi connectivity index (χ2v) is 8.41. The van der Waals surface area contributed by atoms with Crippen molar-refractivity contribution in [3.05, 3.63) is 0 Å². The van der Waals surface area contributed by atoms with Crippen molar-refractivity contribution in [3.63, 3.8) is 0 Å². The van der Waals surface area contributed by atoms with E-state index in [4.69, 9.17) is 9.47 Å². The first-order valence-corrected chi connectivity index (χ1v) is 10.0. The molecule has 0 heterocycles. The van der Waals surface area contributed by atoms with Crippen LogP contribution in [0, 0.1) is 11.8 Å². The summed E-state index contributed by atoms with van der Waals surface area (Å²) in [6.07, 6.45) is 7.88. The van der Waals surface area contributed by atoms with Gasteiger partial charge in [-0.25, -0.2) is 0 Å². The summed E-state index contributed by atoms with van der Waals surface area (Å²) < 4.78 is 10.6. The van der Waals surface area contributed by atoms with Gasteiger partial charge in [-0.05, 0) is 51.4 Å². The molecular weight excluding hydrogens is 332 g/mol. The van der Waals surface area contributed by atoms with Crippen LogP contribution < -0.4 is 0 Å². The van der Waals surface area contributed by atoms with Crippen LogP contribution >= 0.6 is 0 Å². The number of hydrogen-bond donors (Lipinski definition) is 0. The highest BCUT2D eigenvalue weighted by atomic mass is 16.5. The molecule has 0 aromatic rings. The summed E-state index contributed by atoms with van der Waals surface area (Å²) in [4.78, 5) is 29.1. The summed E-state index contributed by atoms with van der Waals surface area (Å²) in [5.74, 6) is 0.816. The fourth-order valence-electron chi connectivity index (χ4n) is 4.69. The maximum atomic E-state index is 12.6. The quantitative estimate of drug-likeness (QED) is 0.722. The molecule has 3 saturated carbocycles. The lowest BCUT2D eigenvalue weighted by Crippen LogP contribution is -2.51. The molecule has 26 heavy (non-hydrogen) atoms. The molecule has 0 bridgehead atoms. The number of nitrogens with zero attached hydrogens (tertiary/aromatic N) is 2. The van der Waals surface area contributed by atoms with Gasteiger partial charge in [0.05, 0.1) is 12.2 Å². The zero-order valence-corrected chi connectivity index (χ0v) is 16.6. The molecular formula is C20H34N2O4. The second-order valence-electron chi connectivity index (χ2n) is 8.41. The van der Waals surface area contributed by atoms with Crippen LogP contribution in [-0.4, -0.2) is 74.2 Å². The van der Waals surface area contributed by atoms with Gasteiger partial charge < -0.3 is 19.3 Å². The molecule has 2 amide bonds. The van der Waals surface area contributed by atoms with Crippen LogP contribution in [-0.2, 0) is 19.1 Å². The molecule has 0 atom stereocenters. The topological polar surface area (TPSA) is 59.1 Å². The van der Waals surface area contributed by atoms with E-state index < -0.39 is 0 Å². The molecule has 6 heteroatoms. The largest absolute Gasteiger partial charge is 0.381 e. The van der Waals surface area contributed by atoms with Gasteiger partial charge in [-0.3, -0.25) is 9.59 Å². The Morgan fingerprint density at radius 2 is 1.00 bits per heavy atom. The zero-order chi connectivity index (χ0) is 18.8. The predicted molar refractivity (Wildman–Crippen MR) is 98.6 cm³/mol. The summed E-state index contributed by atoms with van der Waals surface area (Å²) in [7, 11) is 7.32. The van der Waals surface area contributed by atoms with Crippen LogP contribution in [0.2, 0.25) is 0 Å². The fourth-order valence-corrected chi connectivity index (χ4v) is 4.69. The van der Waals surface area contributed by atoms with E-state index in [2.05, 4.69) is 0 Å². The average molecular weight is 367 g/mol. The van der Waals surface area contributed by atoms with Crippen LogP contribution in [0.5, 0.6) is 0 Å². The molecule has 3 aliphatic rings. The normalized spacial score (nSPS) is 36.6. The molecule has 0 saturated heterocycles. The Kier molecular flexibility index (Phi) is 6.23. The summed E-state index contributed by atoms with van der Waals surface area (Å²) in [6, 6.07) is 0.621. The third kappa shape index (κ3) is 3.91. The number of carbonyl (C=O) groups is 2. The highest BCUT2D eigenvalue weighted by Crippen LogP contribution is 2.35. The smallest absolute Gasteiger partial charge is 0.225 e. The molecule has 148 valence electrons. The van der Waals surface area contributed by atoms with Crippen LogP contribution in [0.25, 0.3) is 0 Å². The van der Waals surface area contributed by atoms with Crippen molar-refractivity contribution in [3.8, 4) is 0 Å². The van der Waals surface area contributed by atoms with Crippen molar-refractivity contribution < 1.29 is 19.1 Å². The molecule has 0 aromatic heterocycles. The van der Waals surface area contributed by atoms with E-state index in [0.717, 1.165) is 51.4 Å². The molecule has 6 nitrogen and oxygen atoms in total. The van der Waals surface area contributed by atoms with Crippen LogP contribution in [0.1, 0.15) is 51.4 Å². The Hall–Kier alpha value is -1.14. The highest BCUT2D eigenvalue weighted by molar-refractivity contribution is 5.80. The van der Waals surface area contributed by atoms with Crippen LogP contribution in [0.3, 0.4) is 0 Å². The van der Waals surface area contributed by atoms with E-state index in [-0.39, 0.29) is 35.9 Å². The monoisotopic (exact) mass is 366 g/mol. The molecule has 0 N–H and O–H groups in total. The van der Waals surface area contributed by atoms with Crippen molar-refractivity contribution >= 4 is 11.8 Å². The molecule has 0 spiro atoms.